The van der Waals surface area contributed by atoms with Crippen molar-refractivity contribution in [3.63, 3.8) is 0 Å². The fourth-order valence-electron chi connectivity index (χ4n) is 5.21. The Kier molecular flexibility index (Phi) is 9.05. The van der Waals surface area contributed by atoms with Gasteiger partial charge in [-0.1, -0.05) is 38.1 Å². The van der Waals surface area contributed by atoms with E-state index in [4.69, 9.17) is 4.74 Å². The number of hydrazine groups is 1. The lowest BCUT2D eigenvalue weighted by Gasteiger charge is -2.32. The summed E-state index contributed by atoms with van der Waals surface area (Å²) in [4.78, 5) is 41.0. The summed E-state index contributed by atoms with van der Waals surface area (Å²) in [5.41, 5.74) is 4.62. The minimum atomic E-state index is -0.163. The number of nitrogens with zero attached hydrogens (tertiary/aromatic N) is 3. The van der Waals surface area contributed by atoms with Crippen LogP contribution >= 0.6 is 0 Å². The van der Waals surface area contributed by atoms with Crippen LogP contribution in [0, 0.1) is 5.92 Å². The molecule has 0 unspecified atom stereocenters. The van der Waals surface area contributed by atoms with E-state index in [0.29, 0.717) is 49.0 Å². The maximum Gasteiger partial charge on any atom is 0.256 e. The Labute approximate surface area is 225 Å². The molecular formula is C30H40N4O4. The van der Waals surface area contributed by atoms with Crippen LogP contribution < -0.4 is 15.0 Å². The Morgan fingerprint density at radius 3 is 2.42 bits per heavy atom. The van der Waals surface area contributed by atoms with Crippen molar-refractivity contribution in [2.24, 2.45) is 5.92 Å². The zero-order valence-electron chi connectivity index (χ0n) is 23.1. The molecule has 1 aliphatic heterocycles. The van der Waals surface area contributed by atoms with Gasteiger partial charge in [-0.2, -0.15) is 0 Å². The Morgan fingerprint density at radius 2 is 1.76 bits per heavy atom. The van der Waals surface area contributed by atoms with Crippen molar-refractivity contribution in [2.75, 3.05) is 38.7 Å². The molecule has 2 aliphatic rings. The average Bonchev–Trinajstić information content (AvgIpc) is 3.34. The number of nitrogens with one attached hydrogen (secondary N) is 1. The highest BCUT2D eigenvalue weighted by molar-refractivity contribution is 6.00. The fourth-order valence-corrected chi connectivity index (χ4v) is 5.21. The van der Waals surface area contributed by atoms with Crippen molar-refractivity contribution in [1.82, 2.24) is 15.3 Å². The smallest absolute Gasteiger partial charge is 0.256 e. The summed E-state index contributed by atoms with van der Waals surface area (Å²) in [5, 5.41) is 6.64. The number of ketones is 1. The number of carbonyl (C=O) groups excluding carboxylic acids is 3. The van der Waals surface area contributed by atoms with Crippen LogP contribution in [0.4, 0.5) is 5.69 Å². The summed E-state index contributed by atoms with van der Waals surface area (Å²) in [6.07, 6.45) is 4.07. The summed E-state index contributed by atoms with van der Waals surface area (Å²) >= 11 is 0. The van der Waals surface area contributed by atoms with Gasteiger partial charge in [-0.25, -0.2) is 5.01 Å². The van der Waals surface area contributed by atoms with Crippen molar-refractivity contribution in [2.45, 2.75) is 59.0 Å². The van der Waals surface area contributed by atoms with Crippen LogP contribution in [0.5, 0.6) is 5.75 Å². The molecule has 4 rings (SSSR count). The standard InChI is InChI=1S/C30H40N4O4/c1-21(2)9-8-14-31-29(36)19-33(26-16-25-22(15-28(26)38-4)12-7-13-27(25)35)20-30(37)32(3)34-17-23-10-5-6-11-24(23)18-34/h5-6,10-11,15-16,21H,7-9,12-14,17-20H2,1-4H3,(H,31,36). The van der Waals surface area contributed by atoms with Crippen LogP contribution in [0.2, 0.25) is 0 Å². The zero-order chi connectivity index (χ0) is 27.2. The zero-order valence-corrected chi connectivity index (χ0v) is 23.1. The molecule has 2 amide bonds. The monoisotopic (exact) mass is 520 g/mol. The number of aryl methyl sites for hydroxylation is 1. The molecule has 0 radical (unpaired) electrons. The van der Waals surface area contributed by atoms with E-state index >= 15 is 0 Å². The molecule has 0 saturated heterocycles. The summed E-state index contributed by atoms with van der Waals surface area (Å²) < 4.78 is 5.70. The second kappa shape index (κ2) is 12.4. The maximum atomic E-state index is 13.5. The molecule has 1 N–H and O–H groups in total. The molecule has 38 heavy (non-hydrogen) atoms. The largest absolute Gasteiger partial charge is 0.495 e. The molecule has 2 aromatic carbocycles. The van der Waals surface area contributed by atoms with E-state index in [0.717, 1.165) is 31.2 Å². The Balaban J connectivity index is 1.54. The average molecular weight is 521 g/mol. The predicted octanol–water partition coefficient (Wildman–Crippen LogP) is 3.96. The number of hydrogen-bond acceptors (Lipinski definition) is 6. The number of likely N-dealkylation sites (N-methyl/N-ethyl adjacent to an activating group) is 1. The van der Waals surface area contributed by atoms with Crippen LogP contribution in [0.25, 0.3) is 0 Å². The van der Waals surface area contributed by atoms with Gasteiger partial charge in [0.15, 0.2) is 5.78 Å². The molecule has 2 aromatic rings. The normalized spacial score (nSPS) is 14.7. The lowest BCUT2D eigenvalue weighted by molar-refractivity contribution is -0.145. The van der Waals surface area contributed by atoms with Gasteiger partial charge in [-0.3, -0.25) is 19.4 Å². The first kappa shape index (κ1) is 27.6. The van der Waals surface area contributed by atoms with Gasteiger partial charge < -0.3 is 15.0 Å². The number of ether oxygens (including phenoxy) is 1. The highest BCUT2D eigenvalue weighted by Gasteiger charge is 2.29. The molecule has 0 bridgehead atoms. The summed E-state index contributed by atoms with van der Waals surface area (Å²) in [6, 6.07) is 11.9. The van der Waals surface area contributed by atoms with E-state index in [1.54, 1.807) is 30.1 Å². The lowest BCUT2D eigenvalue weighted by Crippen LogP contribution is -2.48. The molecule has 8 nitrogen and oxygen atoms in total. The molecule has 0 saturated carbocycles. The van der Waals surface area contributed by atoms with Crippen LogP contribution in [0.1, 0.15) is 66.6 Å². The Bertz CT molecular complexity index is 1150. The molecule has 0 atom stereocenters. The number of Topliss-reactive ketones (excluding diaryl/α,β-unsaturated/α-hetero) is 1. The maximum absolute atomic E-state index is 13.5. The van der Waals surface area contributed by atoms with E-state index in [1.807, 2.05) is 23.2 Å². The molecule has 0 spiro atoms. The highest BCUT2D eigenvalue weighted by atomic mass is 16.5. The number of methoxy groups -OCH3 is 1. The van der Waals surface area contributed by atoms with Gasteiger partial charge in [0.05, 0.1) is 25.9 Å². The van der Waals surface area contributed by atoms with Gasteiger partial charge >= 0.3 is 0 Å². The quantitative estimate of drug-likeness (QED) is 0.452. The Hall–Kier alpha value is -3.39. The van der Waals surface area contributed by atoms with Crippen molar-refractivity contribution in [1.29, 1.82) is 0 Å². The molecule has 204 valence electrons. The minimum Gasteiger partial charge on any atom is -0.495 e. The third-order valence-corrected chi connectivity index (χ3v) is 7.45. The van der Waals surface area contributed by atoms with Crippen molar-refractivity contribution >= 4 is 23.3 Å². The number of amides is 2. The van der Waals surface area contributed by atoms with Crippen LogP contribution in [0.3, 0.4) is 0 Å². The first-order chi connectivity index (χ1) is 18.3. The number of benzene rings is 2. The first-order valence-electron chi connectivity index (χ1n) is 13.6. The molecule has 1 heterocycles. The van der Waals surface area contributed by atoms with E-state index < -0.39 is 0 Å². The van der Waals surface area contributed by atoms with E-state index in [-0.39, 0.29) is 30.7 Å². The van der Waals surface area contributed by atoms with E-state index in [1.165, 1.54) is 11.1 Å². The topological polar surface area (TPSA) is 82.2 Å². The minimum absolute atomic E-state index is 0.00911. The number of anilines is 1. The van der Waals surface area contributed by atoms with Crippen LogP contribution in [-0.2, 0) is 29.1 Å². The molecule has 0 fully saturated rings. The Morgan fingerprint density at radius 1 is 1.05 bits per heavy atom. The fraction of sp³-hybridized carbons (Fsp3) is 0.500. The van der Waals surface area contributed by atoms with Gasteiger partial charge in [0, 0.05) is 38.7 Å². The second-order valence-corrected chi connectivity index (χ2v) is 10.7. The second-order valence-electron chi connectivity index (χ2n) is 10.7. The van der Waals surface area contributed by atoms with Crippen molar-refractivity contribution < 1.29 is 19.1 Å². The summed E-state index contributed by atoms with van der Waals surface area (Å²) in [6.45, 7) is 6.20. The summed E-state index contributed by atoms with van der Waals surface area (Å²) in [7, 11) is 3.35. The van der Waals surface area contributed by atoms with Gasteiger partial charge in [0.2, 0.25) is 5.91 Å². The molecule has 1 aliphatic carbocycles. The van der Waals surface area contributed by atoms with Crippen LogP contribution in [-0.4, -0.2) is 61.4 Å². The number of rotatable bonds is 11. The molecular weight excluding hydrogens is 480 g/mol. The number of fused-ring (bicyclic) bond motifs is 2. The molecule has 8 heteroatoms. The van der Waals surface area contributed by atoms with Crippen molar-refractivity contribution in [3.8, 4) is 5.75 Å². The lowest BCUT2D eigenvalue weighted by atomic mass is 9.90. The highest BCUT2D eigenvalue weighted by Crippen LogP contribution is 2.35. The van der Waals surface area contributed by atoms with Crippen molar-refractivity contribution in [3.05, 3.63) is 58.7 Å². The van der Waals surface area contributed by atoms with Gasteiger partial charge in [-0.15, -0.1) is 0 Å². The SMILES string of the molecule is COc1cc2c(cc1N(CC(=O)NCCCC(C)C)CC(=O)N(C)N1Cc3ccccc3C1)C(=O)CCC2. The third-order valence-electron chi connectivity index (χ3n) is 7.45. The molecule has 0 aromatic heterocycles. The van der Waals surface area contributed by atoms with Gasteiger partial charge in [0.25, 0.3) is 5.91 Å². The number of hydrogen-bond donors (Lipinski definition) is 1. The van der Waals surface area contributed by atoms with E-state index in [9.17, 15) is 14.4 Å². The van der Waals surface area contributed by atoms with Gasteiger partial charge in [-0.05, 0) is 60.4 Å². The van der Waals surface area contributed by atoms with E-state index in [2.05, 4.69) is 31.3 Å². The summed E-state index contributed by atoms with van der Waals surface area (Å²) in [5.74, 6) is 0.924. The third kappa shape index (κ3) is 6.54. The van der Waals surface area contributed by atoms with Crippen LogP contribution in [0.15, 0.2) is 36.4 Å². The predicted molar refractivity (Wildman–Crippen MR) is 148 cm³/mol. The number of carbonyl (C=O) groups is 3. The van der Waals surface area contributed by atoms with Gasteiger partial charge in [0.1, 0.15) is 5.75 Å². The first-order valence-corrected chi connectivity index (χ1v) is 13.6.